The van der Waals surface area contributed by atoms with E-state index in [0.29, 0.717) is 0 Å². The molecule has 0 fully saturated rings. The molecule has 0 spiro atoms. The standard InChI is InChI=1S/C20H28O8/c1-6-12-20(17(23)25-7-2,18(24)26-8-3)13-10-9-11-14-15(21)27-19(4,5)28-16(14)22/h6,9-10,21H,1,7-8,11-13H2,2-5H3/b10-9+. The number of carbonyl (C=O) groups excluding carboxylic acids is 3. The fourth-order valence-electron chi connectivity index (χ4n) is 2.63. The van der Waals surface area contributed by atoms with Crippen molar-refractivity contribution in [3.8, 4) is 0 Å². The molecule has 0 amide bonds. The molecule has 0 radical (unpaired) electrons. The highest BCUT2D eigenvalue weighted by Crippen LogP contribution is 2.32. The summed E-state index contributed by atoms with van der Waals surface area (Å²) >= 11 is 0. The van der Waals surface area contributed by atoms with Crippen LogP contribution in [0.5, 0.6) is 0 Å². The Kier molecular flexibility index (Phi) is 8.28. The van der Waals surface area contributed by atoms with Crippen molar-refractivity contribution >= 4 is 17.9 Å². The molecule has 0 bridgehead atoms. The first-order chi connectivity index (χ1) is 13.1. The van der Waals surface area contributed by atoms with E-state index in [2.05, 4.69) is 6.58 Å². The summed E-state index contributed by atoms with van der Waals surface area (Å²) in [5, 5.41) is 9.90. The summed E-state index contributed by atoms with van der Waals surface area (Å²) in [6, 6.07) is 0. The molecule has 28 heavy (non-hydrogen) atoms. The highest BCUT2D eigenvalue weighted by Gasteiger charge is 2.47. The van der Waals surface area contributed by atoms with Crippen molar-refractivity contribution in [3.63, 3.8) is 0 Å². The zero-order valence-corrected chi connectivity index (χ0v) is 16.8. The van der Waals surface area contributed by atoms with Gasteiger partial charge in [0.05, 0.1) is 13.2 Å². The van der Waals surface area contributed by atoms with Crippen LogP contribution in [0.1, 0.15) is 47.0 Å². The zero-order chi connectivity index (χ0) is 21.4. The summed E-state index contributed by atoms with van der Waals surface area (Å²) in [5.41, 5.74) is -1.62. The van der Waals surface area contributed by atoms with E-state index < -0.39 is 35.1 Å². The third-order valence-corrected chi connectivity index (χ3v) is 3.97. The van der Waals surface area contributed by atoms with E-state index in [9.17, 15) is 19.5 Å². The number of aliphatic hydroxyl groups is 1. The fraction of sp³-hybridized carbons (Fsp3) is 0.550. The second kappa shape index (κ2) is 9.96. The maximum atomic E-state index is 12.5. The van der Waals surface area contributed by atoms with Gasteiger partial charge < -0.3 is 24.1 Å². The van der Waals surface area contributed by atoms with Crippen LogP contribution in [0.15, 0.2) is 36.3 Å². The summed E-state index contributed by atoms with van der Waals surface area (Å²) in [6.07, 6.45) is 4.53. The third kappa shape index (κ3) is 5.61. The molecule has 0 saturated heterocycles. The quantitative estimate of drug-likeness (QED) is 0.260. The monoisotopic (exact) mass is 396 g/mol. The Morgan fingerprint density at radius 3 is 2.14 bits per heavy atom. The minimum absolute atomic E-state index is 0.00341. The molecule has 1 heterocycles. The molecular formula is C20H28O8. The lowest BCUT2D eigenvalue weighted by Gasteiger charge is -2.30. The van der Waals surface area contributed by atoms with Crippen molar-refractivity contribution in [1.29, 1.82) is 0 Å². The van der Waals surface area contributed by atoms with Gasteiger partial charge in [0.15, 0.2) is 5.41 Å². The molecule has 0 aromatic heterocycles. The van der Waals surface area contributed by atoms with Crippen LogP contribution in [0.3, 0.4) is 0 Å². The van der Waals surface area contributed by atoms with Gasteiger partial charge in [0.25, 0.3) is 11.7 Å². The van der Waals surface area contributed by atoms with Crippen LogP contribution in [0.25, 0.3) is 0 Å². The van der Waals surface area contributed by atoms with Crippen LogP contribution in [0.2, 0.25) is 0 Å². The Morgan fingerprint density at radius 1 is 1.11 bits per heavy atom. The summed E-state index contributed by atoms with van der Waals surface area (Å²) in [6.45, 7) is 10.1. The number of allylic oxidation sites excluding steroid dienone is 3. The normalized spacial score (nSPS) is 16.4. The van der Waals surface area contributed by atoms with Crippen LogP contribution in [0.4, 0.5) is 0 Å². The second-order valence-electron chi connectivity index (χ2n) is 6.57. The van der Waals surface area contributed by atoms with Gasteiger partial charge in [-0.1, -0.05) is 18.2 Å². The molecule has 1 aliphatic rings. The number of hydrogen-bond acceptors (Lipinski definition) is 8. The van der Waals surface area contributed by atoms with E-state index in [0.717, 1.165) is 0 Å². The molecule has 8 nitrogen and oxygen atoms in total. The molecule has 0 aliphatic carbocycles. The van der Waals surface area contributed by atoms with Crippen molar-refractivity contribution in [2.75, 3.05) is 13.2 Å². The Balaban J connectivity index is 3.00. The van der Waals surface area contributed by atoms with Crippen molar-refractivity contribution in [1.82, 2.24) is 0 Å². The molecule has 0 atom stereocenters. The van der Waals surface area contributed by atoms with Crippen LogP contribution in [-0.2, 0) is 33.3 Å². The lowest BCUT2D eigenvalue weighted by Crippen LogP contribution is -2.41. The number of cyclic esters (lactones) is 1. The third-order valence-electron chi connectivity index (χ3n) is 3.97. The van der Waals surface area contributed by atoms with Crippen molar-refractivity contribution in [3.05, 3.63) is 36.3 Å². The second-order valence-corrected chi connectivity index (χ2v) is 6.57. The molecule has 0 aromatic carbocycles. The fourth-order valence-corrected chi connectivity index (χ4v) is 2.63. The highest BCUT2D eigenvalue weighted by atomic mass is 16.8. The number of rotatable bonds is 10. The van der Waals surface area contributed by atoms with Crippen LogP contribution < -0.4 is 0 Å². The van der Waals surface area contributed by atoms with Gasteiger partial charge in [-0.15, -0.1) is 6.58 Å². The lowest BCUT2D eigenvalue weighted by molar-refractivity contribution is -0.222. The van der Waals surface area contributed by atoms with E-state index in [1.807, 2.05) is 0 Å². The molecule has 1 N–H and O–H groups in total. The van der Waals surface area contributed by atoms with E-state index >= 15 is 0 Å². The summed E-state index contributed by atoms with van der Waals surface area (Å²) in [7, 11) is 0. The molecule has 0 aromatic rings. The predicted molar refractivity (Wildman–Crippen MR) is 99.8 cm³/mol. The van der Waals surface area contributed by atoms with Crippen LogP contribution in [-0.4, -0.2) is 42.0 Å². The van der Waals surface area contributed by atoms with Gasteiger partial charge in [-0.3, -0.25) is 9.59 Å². The topological polar surface area (TPSA) is 108 Å². The first-order valence-corrected chi connectivity index (χ1v) is 9.08. The molecule has 1 aliphatic heterocycles. The van der Waals surface area contributed by atoms with Gasteiger partial charge in [0, 0.05) is 20.3 Å². The Labute approximate surface area is 164 Å². The maximum Gasteiger partial charge on any atom is 0.344 e. The number of carbonyl (C=O) groups is 3. The number of hydrogen-bond donors (Lipinski definition) is 1. The van der Waals surface area contributed by atoms with Gasteiger partial charge in [0.2, 0.25) is 0 Å². The number of esters is 3. The molecule has 8 heteroatoms. The Bertz CT molecular complexity index is 654. The van der Waals surface area contributed by atoms with Gasteiger partial charge in [0.1, 0.15) is 5.57 Å². The Morgan fingerprint density at radius 2 is 1.68 bits per heavy atom. The molecule has 156 valence electrons. The van der Waals surface area contributed by atoms with E-state index in [4.69, 9.17) is 18.9 Å². The SMILES string of the molecule is C=CCC(C/C=C/CC1=C(O)OC(C)(C)OC1=O)(C(=O)OCC)C(=O)OCC. The van der Waals surface area contributed by atoms with E-state index in [1.54, 1.807) is 19.9 Å². The maximum absolute atomic E-state index is 12.5. The smallest absolute Gasteiger partial charge is 0.344 e. The number of ether oxygens (including phenoxy) is 4. The average molecular weight is 396 g/mol. The minimum atomic E-state index is -1.56. The van der Waals surface area contributed by atoms with E-state index in [-0.39, 0.29) is 38.0 Å². The minimum Gasteiger partial charge on any atom is -0.481 e. The molecule has 0 unspecified atom stereocenters. The zero-order valence-electron chi connectivity index (χ0n) is 16.8. The van der Waals surface area contributed by atoms with Gasteiger partial charge in [-0.2, -0.15) is 0 Å². The van der Waals surface area contributed by atoms with Gasteiger partial charge in [-0.05, 0) is 26.7 Å². The van der Waals surface area contributed by atoms with E-state index in [1.165, 1.54) is 26.0 Å². The molecule has 0 saturated carbocycles. The van der Waals surface area contributed by atoms with Gasteiger partial charge >= 0.3 is 17.9 Å². The first kappa shape index (κ1) is 23.3. The summed E-state index contributed by atoms with van der Waals surface area (Å²) in [5.74, 6) is -3.88. The van der Waals surface area contributed by atoms with Gasteiger partial charge in [-0.25, -0.2) is 4.79 Å². The average Bonchev–Trinajstić information content (AvgIpc) is 2.58. The molecule has 1 rings (SSSR count). The first-order valence-electron chi connectivity index (χ1n) is 9.08. The van der Waals surface area contributed by atoms with Crippen molar-refractivity contribution < 1.29 is 38.4 Å². The summed E-state index contributed by atoms with van der Waals surface area (Å²) < 4.78 is 20.3. The largest absolute Gasteiger partial charge is 0.481 e. The summed E-state index contributed by atoms with van der Waals surface area (Å²) in [4.78, 5) is 37.0. The van der Waals surface area contributed by atoms with Crippen LogP contribution in [0, 0.1) is 5.41 Å². The van der Waals surface area contributed by atoms with Crippen molar-refractivity contribution in [2.45, 2.75) is 52.7 Å². The molecular weight excluding hydrogens is 368 g/mol. The van der Waals surface area contributed by atoms with Crippen LogP contribution >= 0.6 is 0 Å². The lowest BCUT2D eigenvalue weighted by atomic mass is 9.80. The highest BCUT2D eigenvalue weighted by molar-refractivity contribution is 6.00. The predicted octanol–water partition coefficient (Wildman–Crippen LogP) is 3.09. The number of aliphatic hydroxyl groups excluding tert-OH is 1. The van der Waals surface area contributed by atoms with Crippen molar-refractivity contribution in [2.24, 2.45) is 5.41 Å². The Hall–Kier alpha value is -2.77.